The molecule has 1 saturated carbocycles. The first kappa shape index (κ1) is 25.1. The molecular weight excluding hydrogens is 499 g/mol. The fourth-order valence-electron chi connectivity index (χ4n) is 5.19. The van der Waals surface area contributed by atoms with Crippen LogP contribution in [0.25, 0.3) is 0 Å². The average molecular weight is 530 g/mol. The second kappa shape index (κ2) is 11.2. The number of piperidine rings is 1. The van der Waals surface area contributed by atoms with Crippen molar-refractivity contribution in [2.24, 2.45) is 5.92 Å². The summed E-state index contributed by atoms with van der Waals surface area (Å²) < 4.78 is 28.3. The quantitative estimate of drug-likeness (QED) is 0.411. The van der Waals surface area contributed by atoms with Crippen molar-refractivity contribution in [3.8, 4) is 0 Å². The highest BCUT2D eigenvalue weighted by molar-refractivity contribution is 7.90. The lowest BCUT2D eigenvalue weighted by atomic mass is 9.86. The molecule has 2 aliphatic rings. The molecule has 1 heterocycles. The second-order valence-electron chi connectivity index (χ2n) is 9.24. The lowest BCUT2D eigenvalue weighted by Crippen LogP contribution is -2.41. The largest absolute Gasteiger partial charge is 0.364 e. The van der Waals surface area contributed by atoms with Crippen molar-refractivity contribution in [2.45, 2.75) is 62.7 Å². The third-order valence-electron chi connectivity index (χ3n) is 7.01. The Kier molecular flexibility index (Phi) is 8.51. The van der Waals surface area contributed by atoms with Crippen molar-refractivity contribution in [1.29, 1.82) is 0 Å². The summed E-state index contributed by atoms with van der Waals surface area (Å²) in [4.78, 5) is 2.37. The fourth-order valence-corrected chi connectivity index (χ4v) is 7.45. The maximum atomic E-state index is 12.7. The van der Waals surface area contributed by atoms with Gasteiger partial charge in [0.1, 0.15) is 0 Å². The molecule has 0 amide bonds. The number of nitrogens with one attached hydrogen (secondary N) is 1. The number of rotatable bonds is 7. The molecule has 1 aliphatic carbocycles. The van der Waals surface area contributed by atoms with E-state index in [2.05, 4.69) is 9.62 Å². The van der Waals surface area contributed by atoms with E-state index in [1.807, 2.05) is 36.4 Å². The number of halogens is 3. The Bertz CT molecular complexity index is 1040. The highest BCUT2D eigenvalue weighted by Crippen LogP contribution is 2.41. The van der Waals surface area contributed by atoms with Crippen molar-refractivity contribution < 1.29 is 8.42 Å². The van der Waals surface area contributed by atoms with Gasteiger partial charge in [0, 0.05) is 33.8 Å². The van der Waals surface area contributed by atoms with Gasteiger partial charge in [-0.3, -0.25) is 0 Å². The molecule has 0 unspecified atom stereocenters. The molecule has 1 aliphatic heterocycles. The zero-order chi connectivity index (χ0) is 23.4. The Hall–Kier alpha value is -0.980. The average Bonchev–Trinajstić information content (AvgIpc) is 2.80. The molecule has 4 nitrogen and oxygen atoms in total. The van der Waals surface area contributed by atoms with E-state index in [-0.39, 0.29) is 11.3 Å². The maximum Gasteiger partial charge on any atom is 0.214 e. The zero-order valence-electron chi connectivity index (χ0n) is 18.7. The number of hydrogen-bond acceptors (Lipinski definition) is 3. The molecule has 2 aromatic rings. The van der Waals surface area contributed by atoms with Gasteiger partial charge in [-0.15, -0.1) is 0 Å². The molecule has 180 valence electrons. The molecule has 2 fully saturated rings. The third-order valence-corrected chi connectivity index (χ3v) is 9.78. The Morgan fingerprint density at radius 1 is 0.879 bits per heavy atom. The van der Waals surface area contributed by atoms with E-state index in [4.69, 9.17) is 34.8 Å². The van der Waals surface area contributed by atoms with Crippen LogP contribution < -0.4 is 9.62 Å². The van der Waals surface area contributed by atoms with Crippen LogP contribution in [0, 0.1) is 5.92 Å². The number of sulfonamides is 1. The molecule has 2 aromatic carbocycles. The van der Waals surface area contributed by atoms with Gasteiger partial charge in [0.05, 0.1) is 11.3 Å². The first-order valence-electron chi connectivity index (χ1n) is 11.8. The van der Waals surface area contributed by atoms with Gasteiger partial charge >= 0.3 is 0 Å². The second-order valence-corrected chi connectivity index (χ2v) is 12.6. The minimum absolute atomic E-state index is 0.131. The molecule has 1 N–H and O–H groups in total. The summed E-state index contributed by atoms with van der Waals surface area (Å²) in [6.45, 7) is 1.32. The fraction of sp³-hybridized carbons (Fsp3) is 0.520. The van der Waals surface area contributed by atoms with Crippen LogP contribution in [-0.4, -0.2) is 26.8 Å². The lowest BCUT2D eigenvalue weighted by Gasteiger charge is -2.42. The van der Waals surface area contributed by atoms with Gasteiger partial charge in [-0.2, -0.15) is 0 Å². The molecule has 33 heavy (non-hydrogen) atoms. The van der Waals surface area contributed by atoms with E-state index in [9.17, 15) is 8.42 Å². The molecule has 0 aromatic heterocycles. The third kappa shape index (κ3) is 6.37. The minimum atomic E-state index is -3.23. The summed E-state index contributed by atoms with van der Waals surface area (Å²) in [6, 6.07) is 13.7. The van der Waals surface area contributed by atoms with Crippen LogP contribution in [0.15, 0.2) is 42.5 Å². The topological polar surface area (TPSA) is 49.4 Å². The summed E-state index contributed by atoms with van der Waals surface area (Å²) in [5.41, 5.74) is 2.15. The predicted molar refractivity (Wildman–Crippen MR) is 139 cm³/mol. The van der Waals surface area contributed by atoms with Crippen molar-refractivity contribution in [2.75, 3.05) is 18.0 Å². The molecular formula is C25H31Cl3N2O2S. The molecule has 0 radical (unpaired) electrons. The summed E-state index contributed by atoms with van der Waals surface area (Å²) in [5, 5.41) is 1.77. The SMILES string of the molecule is O=S(=O)(NCC[C@@H]1CC[C@@H](c2ccc(Cl)cc2Cl)N(c2ccc(Cl)cc2)C1)C1CCCCC1. The normalized spacial score (nSPS) is 22.5. The number of nitrogens with zero attached hydrogens (tertiary/aromatic N) is 1. The van der Waals surface area contributed by atoms with Crippen molar-refractivity contribution in [3.05, 3.63) is 63.1 Å². The van der Waals surface area contributed by atoms with Gasteiger partial charge in [0.2, 0.25) is 10.0 Å². The molecule has 2 atom stereocenters. The van der Waals surface area contributed by atoms with Gasteiger partial charge < -0.3 is 4.90 Å². The van der Waals surface area contributed by atoms with Crippen LogP contribution >= 0.6 is 34.8 Å². The summed E-state index contributed by atoms with van der Waals surface area (Å²) in [6.07, 6.45) is 7.50. The first-order valence-corrected chi connectivity index (χ1v) is 14.5. The Balaban J connectivity index is 1.45. The minimum Gasteiger partial charge on any atom is -0.364 e. The number of benzene rings is 2. The van der Waals surface area contributed by atoms with Crippen LogP contribution in [0.3, 0.4) is 0 Å². The van der Waals surface area contributed by atoms with E-state index in [0.29, 0.717) is 27.5 Å². The standard InChI is InChI=1S/C25H31Cl3N2O2S/c26-19-7-10-21(11-8-19)30-17-18(6-13-25(30)23-12-9-20(27)16-24(23)28)14-15-29-33(31,32)22-4-2-1-3-5-22/h7-12,16,18,22,25,29H,1-6,13-15,17H2/t18-,25-/m0/s1. The molecule has 0 bridgehead atoms. The highest BCUT2D eigenvalue weighted by Gasteiger charge is 2.32. The molecule has 1 saturated heterocycles. The first-order chi connectivity index (χ1) is 15.8. The van der Waals surface area contributed by atoms with Crippen molar-refractivity contribution in [1.82, 2.24) is 4.72 Å². The molecule has 0 spiro atoms. The lowest BCUT2D eigenvalue weighted by molar-refractivity contribution is 0.343. The summed E-state index contributed by atoms with van der Waals surface area (Å²) in [7, 11) is -3.23. The highest BCUT2D eigenvalue weighted by atomic mass is 35.5. The predicted octanol–water partition coefficient (Wildman–Crippen LogP) is 7.25. The van der Waals surface area contributed by atoms with Crippen LogP contribution in [0.1, 0.15) is 63.0 Å². The summed E-state index contributed by atoms with van der Waals surface area (Å²) in [5.74, 6) is 0.386. The van der Waals surface area contributed by atoms with Crippen LogP contribution in [0.4, 0.5) is 5.69 Å². The van der Waals surface area contributed by atoms with Crippen LogP contribution in [0.2, 0.25) is 15.1 Å². The van der Waals surface area contributed by atoms with E-state index in [1.54, 1.807) is 6.07 Å². The molecule has 4 rings (SSSR count). The van der Waals surface area contributed by atoms with Crippen molar-refractivity contribution >= 4 is 50.5 Å². The van der Waals surface area contributed by atoms with E-state index >= 15 is 0 Å². The maximum absolute atomic E-state index is 12.7. The van der Waals surface area contributed by atoms with Crippen LogP contribution in [0.5, 0.6) is 0 Å². The number of anilines is 1. The smallest absolute Gasteiger partial charge is 0.214 e. The van der Waals surface area contributed by atoms with Gasteiger partial charge in [-0.25, -0.2) is 13.1 Å². The Morgan fingerprint density at radius 3 is 2.27 bits per heavy atom. The van der Waals surface area contributed by atoms with E-state index in [0.717, 1.165) is 69.2 Å². The van der Waals surface area contributed by atoms with Gasteiger partial charge in [0.25, 0.3) is 0 Å². The monoisotopic (exact) mass is 528 g/mol. The van der Waals surface area contributed by atoms with Gasteiger partial charge in [0.15, 0.2) is 0 Å². The number of hydrogen-bond donors (Lipinski definition) is 1. The zero-order valence-corrected chi connectivity index (χ0v) is 21.7. The molecule has 8 heteroatoms. The summed E-state index contributed by atoms with van der Waals surface area (Å²) >= 11 is 18.8. The Morgan fingerprint density at radius 2 is 1.58 bits per heavy atom. The van der Waals surface area contributed by atoms with Crippen molar-refractivity contribution in [3.63, 3.8) is 0 Å². The van der Waals surface area contributed by atoms with Gasteiger partial charge in [-0.05, 0) is 80.0 Å². The van der Waals surface area contributed by atoms with E-state index in [1.165, 1.54) is 0 Å². The van der Waals surface area contributed by atoms with Gasteiger partial charge in [-0.1, -0.05) is 60.1 Å². The van der Waals surface area contributed by atoms with Crippen LogP contribution in [-0.2, 0) is 10.0 Å². The van der Waals surface area contributed by atoms with E-state index < -0.39 is 10.0 Å². The Labute approximate surface area is 212 Å².